The fourth-order valence-electron chi connectivity index (χ4n) is 2.97. The third-order valence-electron chi connectivity index (χ3n) is 4.05. The number of anilines is 1. The molecule has 1 aliphatic carbocycles. The predicted molar refractivity (Wildman–Crippen MR) is 73.0 cm³/mol. The van der Waals surface area contributed by atoms with E-state index in [1.54, 1.807) is 0 Å². The predicted octanol–water partition coefficient (Wildman–Crippen LogP) is 2.03. The summed E-state index contributed by atoms with van der Waals surface area (Å²) < 4.78 is 5.31. The first-order valence-electron chi connectivity index (χ1n) is 7.18. The number of hydrogen-bond donors (Lipinski definition) is 2. The lowest BCUT2D eigenvalue weighted by atomic mass is 9.99. The van der Waals surface area contributed by atoms with Gasteiger partial charge in [0.15, 0.2) is 0 Å². The van der Waals surface area contributed by atoms with Crippen LogP contribution in [0.25, 0.3) is 0 Å². The van der Waals surface area contributed by atoms with Crippen LogP contribution in [0.15, 0.2) is 6.20 Å². The Bertz CT molecular complexity index is 494. The van der Waals surface area contributed by atoms with Crippen LogP contribution in [-0.4, -0.2) is 40.3 Å². The molecule has 2 N–H and O–H groups in total. The molecule has 0 spiro atoms. The van der Waals surface area contributed by atoms with Crippen molar-refractivity contribution in [1.82, 2.24) is 9.97 Å². The molecule has 6 nitrogen and oxygen atoms in total. The molecule has 0 aromatic carbocycles. The smallest absolute Gasteiger partial charge is 0.339 e. The Kier molecular flexibility index (Phi) is 3.82. The van der Waals surface area contributed by atoms with Crippen LogP contribution in [-0.2, 0) is 4.74 Å². The first-order valence-corrected chi connectivity index (χ1v) is 7.18. The number of nitrogens with one attached hydrogen (secondary N) is 1. The van der Waals surface area contributed by atoms with Gasteiger partial charge in [0, 0.05) is 18.7 Å². The fraction of sp³-hybridized carbons (Fsp3) is 0.643. The molecule has 2 heterocycles. The summed E-state index contributed by atoms with van der Waals surface area (Å²) in [6.07, 6.45) is 6.69. The molecule has 1 aromatic rings. The van der Waals surface area contributed by atoms with Gasteiger partial charge in [-0.1, -0.05) is 12.8 Å². The van der Waals surface area contributed by atoms with Crippen LogP contribution in [0.4, 0.5) is 5.95 Å². The first kappa shape index (κ1) is 13.3. The van der Waals surface area contributed by atoms with Gasteiger partial charge in [0.05, 0.1) is 23.9 Å². The molecule has 2 fully saturated rings. The van der Waals surface area contributed by atoms with Crippen molar-refractivity contribution in [2.24, 2.45) is 0 Å². The number of aromatic nitrogens is 2. The maximum Gasteiger partial charge on any atom is 0.339 e. The number of nitrogens with zero attached hydrogens (tertiary/aromatic N) is 2. The lowest BCUT2D eigenvalue weighted by molar-refractivity contribution is 0.0694. The molecule has 0 radical (unpaired) electrons. The number of rotatable bonds is 4. The lowest BCUT2D eigenvalue weighted by Crippen LogP contribution is -2.22. The van der Waals surface area contributed by atoms with Crippen molar-refractivity contribution >= 4 is 11.9 Å². The molecule has 1 aromatic heterocycles. The molecule has 3 rings (SSSR count). The SMILES string of the molecule is O=C(O)c1cnc(N[C@H]2CCOC2)nc1C1CCCC1. The molecule has 2 aliphatic rings. The minimum Gasteiger partial charge on any atom is -0.478 e. The van der Waals surface area contributed by atoms with Gasteiger partial charge < -0.3 is 15.2 Å². The van der Waals surface area contributed by atoms with Gasteiger partial charge in [-0.2, -0.15) is 0 Å². The van der Waals surface area contributed by atoms with E-state index in [1.807, 2.05) is 0 Å². The van der Waals surface area contributed by atoms with E-state index in [2.05, 4.69) is 15.3 Å². The highest BCUT2D eigenvalue weighted by Gasteiger charge is 2.25. The molecule has 0 unspecified atom stereocenters. The number of hydrogen-bond acceptors (Lipinski definition) is 5. The van der Waals surface area contributed by atoms with Gasteiger partial charge in [-0.05, 0) is 19.3 Å². The van der Waals surface area contributed by atoms with Gasteiger partial charge in [-0.15, -0.1) is 0 Å². The second kappa shape index (κ2) is 5.75. The van der Waals surface area contributed by atoms with E-state index in [0.717, 1.165) is 38.7 Å². The number of aromatic carboxylic acids is 1. The topological polar surface area (TPSA) is 84.3 Å². The Balaban J connectivity index is 1.84. The summed E-state index contributed by atoms with van der Waals surface area (Å²) in [6.45, 7) is 1.41. The van der Waals surface area contributed by atoms with Gasteiger partial charge in [0.2, 0.25) is 5.95 Å². The number of carbonyl (C=O) groups is 1. The zero-order valence-electron chi connectivity index (χ0n) is 11.3. The summed E-state index contributed by atoms with van der Waals surface area (Å²) in [4.78, 5) is 19.9. The van der Waals surface area contributed by atoms with Crippen molar-refractivity contribution in [2.75, 3.05) is 18.5 Å². The van der Waals surface area contributed by atoms with Crippen LogP contribution >= 0.6 is 0 Å². The van der Waals surface area contributed by atoms with E-state index in [4.69, 9.17) is 4.74 Å². The largest absolute Gasteiger partial charge is 0.478 e. The minimum absolute atomic E-state index is 0.224. The van der Waals surface area contributed by atoms with Gasteiger partial charge >= 0.3 is 5.97 Å². The second-order valence-corrected chi connectivity index (χ2v) is 5.48. The van der Waals surface area contributed by atoms with Crippen LogP contribution in [0, 0.1) is 0 Å². The first-order chi connectivity index (χ1) is 9.74. The van der Waals surface area contributed by atoms with Gasteiger partial charge in [-0.25, -0.2) is 14.8 Å². The molecule has 1 aliphatic heterocycles. The third-order valence-corrected chi connectivity index (χ3v) is 4.05. The summed E-state index contributed by atoms with van der Waals surface area (Å²) in [5.41, 5.74) is 0.927. The van der Waals surface area contributed by atoms with Crippen molar-refractivity contribution in [3.05, 3.63) is 17.5 Å². The molecular weight excluding hydrogens is 258 g/mol. The van der Waals surface area contributed by atoms with Crippen LogP contribution in [0.5, 0.6) is 0 Å². The number of ether oxygens (including phenoxy) is 1. The Labute approximate surface area is 117 Å². The molecule has 20 heavy (non-hydrogen) atoms. The highest BCUT2D eigenvalue weighted by atomic mass is 16.5. The zero-order valence-corrected chi connectivity index (χ0v) is 11.3. The number of carboxylic acid groups (broad SMARTS) is 1. The minimum atomic E-state index is -0.942. The molecule has 1 atom stereocenters. The molecule has 108 valence electrons. The highest BCUT2D eigenvalue weighted by Crippen LogP contribution is 2.35. The molecule has 0 bridgehead atoms. The van der Waals surface area contributed by atoms with Crippen molar-refractivity contribution < 1.29 is 14.6 Å². The van der Waals surface area contributed by atoms with E-state index >= 15 is 0 Å². The van der Waals surface area contributed by atoms with Crippen LogP contribution in [0.1, 0.15) is 54.1 Å². The van der Waals surface area contributed by atoms with E-state index in [9.17, 15) is 9.90 Å². The monoisotopic (exact) mass is 277 g/mol. The Morgan fingerprint density at radius 1 is 1.35 bits per heavy atom. The number of carboxylic acids is 1. The molecular formula is C14H19N3O3. The van der Waals surface area contributed by atoms with Crippen molar-refractivity contribution in [1.29, 1.82) is 0 Å². The van der Waals surface area contributed by atoms with Gasteiger partial charge in [0.25, 0.3) is 0 Å². The average Bonchev–Trinajstić information content (AvgIpc) is 3.11. The Morgan fingerprint density at radius 3 is 2.80 bits per heavy atom. The average molecular weight is 277 g/mol. The Morgan fingerprint density at radius 2 is 2.15 bits per heavy atom. The maximum atomic E-state index is 11.3. The maximum absolute atomic E-state index is 11.3. The molecule has 1 saturated heterocycles. The highest BCUT2D eigenvalue weighted by molar-refractivity contribution is 5.88. The quantitative estimate of drug-likeness (QED) is 0.876. The summed E-state index contributed by atoms with van der Waals surface area (Å²) in [7, 11) is 0. The van der Waals surface area contributed by atoms with Crippen molar-refractivity contribution in [2.45, 2.75) is 44.1 Å². The molecule has 0 amide bonds. The second-order valence-electron chi connectivity index (χ2n) is 5.48. The standard InChI is InChI=1S/C14H19N3O3/c18-13(19)11-7-15-14(16-10-5-6-20-8-10)17-12(11)9-3-1-2-4-9/h7,9-10H,1-6,8H2,(H,18,19)(H,15,16,17)/t10-/m0/s1. The van der Waals surface area contributed by atoms with E-state index in [1.165, 1.54) is 6.20 Å². The third kappa shape index (κ3) is 2.75. The van der Waals surface area contributed by atoms with Crippen LogP contribution in [0.3, 0.4) is 0 Å². The van der Waals surface area contributed by atoms with Crippen LogP contribution in [0.2, 0.25) is 0 Å². The Hall–Kier alpha value is -1.69. The van der Waals surface area contributed by atoms with Gasteiger partial charge in [-0.3, -0.25) is 0 Å². The van der Waals surface area contributed by atoms with E-state index < -0.39 is 5.97 Å². The summed E-state index contributed by atoms with van der Waals surface area (Å²) in [5.74, 6) is -0.167. The zero-order chi connectivity index (χ0) is 13.9. The van der Waals surface area contributed by atoms with Gasteiger partial charge in [0.1, 0.15) is 0 Å². The van der Waals surface area contributed by atoms with Crippen molar-refractivity contribution in [3.8, 4) is 0 Å². The summed E-state index contributed by atoms with van der Waals surface area (Å²) in [6, 6.07) is 0.224. The van der Waals surface area contributed by atoms with Crippen molar-refractivity contribution in [3.63, 3.8) is 0 Å². The summed E-state index contributed by atoms with van der Waals surface area (Å²) in [5, 5.41) is 12.5. The normalized spacial score (nSPS) is 23.1. The fourth-order valence-corrected chi connectivity index (χ4v) is 2.97. The lowest BCUT2D eigenvalue weighted by Gasteiger charge is -2.15. The molecule has 6 heteroatoms. The molecule has 1 saturated carbocycles. The van der Waals surface area contributed by atoms with E-state index in [0.29, 0.717) is 18.2 Å². The van der Waals surface area contributed by atoms with E-state index in [-0.39, 0.29) is 17.5 Å². The summed E-state index contributed by atoms with van der Waals surface area (Å²) >= 11 is 0. The van der Waals surface area contributed by atoms with Crippen LogP contribution < -0.4 is 5.32 Å².